The molecule has 5 nitrogen and oxygen atoms in total. The number of nitrogens with one attached hydrogen (secondary N) is 1. The summed E-state index contributed by atoms with van der Waals surface area (Å²) >= 11 is 23.6. The van der Waals surface area contributed by atoms with Gasteiger partial charge in [-0.05, 0) is 24.3 Å². The van der Waals surface area contributed by atoms with Gasteiger partial charge in [0, 0.05) is 0 Å². The Hall–Kier alpha value is -1.24. The first kappa shape index (κ1) is 19.8. The average molecular weight is 412 g/mol. The zero-order chi connectivity index (χ0) is 16.1. The molecule has 23 heavy (non-hydrogen) atoms. The van der Waals surface area contributed by atoms with Crippen molar-refractivity contribution in [1.82, 2.24) is 0 Å². The highest BCUT2D eigenvalue weighted by Gasteiger charge is 2.04. The fourth-order valence-electron chi connectivity index (χ4n) is 1.36. The molecule has 10 heteroatoms. The smallest absolute Gasteiger partial charge is 0.263 e. The lowest BCUT2D eigenvalue weighted by atomic mass is 10.3. The molecule has 0 unspecified atom stereocenters. The zero-order valence-corrected chi connectivity index (χ0v) is 15.0. The molecule has 0 saturated heterocycles. The molecule has 2 aromatic rings. The van der Waals surface area contributed by atoms with Crippen LogP contribution < -0.4 is 0 Å². The summed E-state index contributed by atoms with van der Waals surface area (Å²) in [6, 6.07) is 9.79. The number of halogens is 5. The molecule has 0 bridgehead atoms. The normalized spacial score (nSPS) is 11.0. The second kappa shape index (κ2) is 9.15. The summed E-state index contributed by atoms with van der Waals surface area (Å²) in [5, 5.41) is 23.5. The first-order valence-electron chi connectivity index (χ1n) is 5.79. The molecule has 0 heterocycles. The van der Waals surface area contributed by atoms with Crippen LogP contribution >= 0.6 is 58.8 Å². The van der Waals surface area contributed by atoms with Crippen LogP contribution in [0.3, 0.4) is 0 Å². The van der Waals surface area contributed by atoms with E-state index in [0.29, 0.717) is 21.4 Å². The van der Waals surface area contributed by atoms with E-state index in [4.69, 9.17) is 51.8 Å². The molecule has 0 fully saturated rings. The Morgan fingerprint density at radius 2 is 1.13 bits per heavy atom. The van der Waals surface area contributed by atoms with E-state index in [1.807, 2.05) is 0 Å². The predicted octanol–water partition coefficient (Wildman–Crippen LogP) is 7.52. The first-order valence-corrected chi connectivity index (χ1v) is 7.30. The van der Waals surface area contributed by atoms with Crippen molar-refractivity contribution in [3.63, 3.8) is 0 Å². The second-order valence-electron chi connectivity index (χ2n) is 3.87. The summed E-state index contributed by atoms with van der Waals surface area (Å²) in [5.74, 6) is -0.424. The monoisotopic (exact) mass is 409 g/mol. The molecule has 120 valence electrons. The van der Waals surface area contributed by atoms with Gasteiger partial charge in [0.05, 0.1) is 20.1 Å². The van der Waals surface area contributed by atoms with E-state index in [2.05, 4.69) is 20.5 Å². The minimum Gasteiger partial charge on any atom is -0.263 e. The van der Waals surface area contributed by atoms with Gasteiger partial charge in [-0.1, -0.05) is 58.5 Å². The Balaban J connectivity index is 0.00000264. The van der Waals surface area contributed by atoms with Crippen molar-refractivity contribution in [1.29, 1.82) is 5.41 Å². The summed E-state index contributed by atoms with van der Waals surface area (Å²) in [6.07, 6.45) is 0. The van der Waals surface area contributed by atoms with Crippen LogP contribution in [0, 0.1) is 5.41 Å². The van der Waals surface area contributed by atoms with Crippen LogP contribution in [0.5, 0.6) is 0 Å². The van der Waals surface area contributed by atoms with Crippen molar-refractivity contribution in [3.05, 3.63) is 56.5 Å². The molecule has 0 radical (unpaired) electrons. The minimum atomic E-state index is -0.424. The maximum Gasteiger partial charge on any atom is 0.280 e. The fraction of sp³-hybridized carbons (Fsp3) is 0. The Morgan fingerprint density at radius 1 is 0.739 bits per heavy atom. The minimum absolute atomic E-state index is 0. The molecular weight excluding hydrogens is 403 g/mol. The number of benzene rings is 2. The summed E-state index contributed by atoms with van der Waals surface area (Å²) in [4.78, 5) is 0. The quantitative estimate of drug-likeness (QED) is 0.301. The first-order chi connectivity index (χ1) is 10.5. The second-order valence-corrected chi connectivity index (χ2v) is 5.44. The summed E-state index contributed by atoms with van der Waals surface area (Å²) in [6.45, 7) is 0. The molecule has 0 aliphatic rings. The van der Waals surface area contributed by atoms with Crippen LogP contribution in [0.15, 0.2) is 56.9 Å². The van der Waals surface area contributed by atoms with Gasteiger partial charge in [0.2, 0.25) is 0 Å². The van der Waals surface area contributed by atoms with Crippen molar-refractivity contribution in [3.8, 4) is 0 Å². The van der Waals surface area contributed by atoms with Crippen molar-refractivity contribution < 1.29 is 0 Å². The van der Waals surface area contributed by atoms with E-state index in [1.54, 1.807) is 36.4 Å². The third kappa shape index (κ3) is 5.41. The number of rotatable bonds is 2. The predicted molar refractivity (Wildman–Crippen MR) is 96.9 cm³/mol. The standard InChI is InChI=1S/C13H7Cl4N5.ClH/c14-7-3-1-5-9(11(7)16)19-21-13(18)22-20-10-6-2-4-8(15)12(10)17;/h1-6,18H;1H. The molecule has 2 rings (SSSR count). The van der Waals surface area contributed by atoms with Crippen LogP contribution in [0.1, 0.15) is 0 Å². The maximum absolute atomic E-state index is 7.56. The van der Waals surface area contributed by atoms with Gasteiger partial charge in [0.15, 0.2) is 0 Å². The van der Waals surface area contributed by atoms with Crippen LogP contribution in [0.4, 0.5) is 11.4 Å². The highest BCUT2D eigenvalue weighted by Crippen LogP contribution is 2.33. The Morgan fingerprint density at radius 3 is 1.52 bits per heavy atom. The molecule has 0 amide bonds. The number of guanidine groups is 1. The SMILES string of the molecule is Cl.N=C(N=Nc1cccc(Cl)c1Cl)N=Nc1cccc(Cl)c1Cl. The summed E-state index contributed by atoms with van der Waals surface area (Å²) < 4.78 is 0. The van der Waals surface area contributed by atoms with Crippen LogP contribution in [-0.4, -0.2) is 5.96 Å². The number of hydrogen-bond donors (Lipinski definition) is 1. The van der Waals surface area contributed by atoms with E-state index >= 15 is 0 Å². The van der Waals surface area contributed by atoms with Crippen LogP contribution in [-0.2, 0) is 0 Å². The molecule has 0 saturated carbocycles. The fourth-order valence-corrected chi connectivity index (χ4v) is 2.03. The third-order valence-electron chi connectivity index (χ3n) is 2.37. The van der Waals surface area contributed by atoms with E-state index in [-0.39, 0.29) is 22.5 Å². The number of nitrogens with zero attached hydrogens (tertiary/aromatic N) is 4. The average Bonchev–Trinajstić information content (AvgIpc) is 2.50. The van der Waals surface area contributed by atoms with Crippen LogP contribution in [0.25, 0.3) is 0 Å². The third-order valence-corrected chi connectivity index (χ3v) is 3.99. The summed E-state index contributed by atoms with van der Waals surface area (Å²) in [5.41, 5.74) is 0.657. The Bertz CT molecular complexity index is 712. The lowest BCUT2D eigenvalue weighted by Gasteiger charge is -1.98. The largest absolute Gasteiger partial charge is 0.280 e. The van der Waals surface area contributed by atoms with Gasteiger partial charge in [-0.2, -0.15) is 0 Å². The number of azo groups is 2. The van der Waals surface area contributed by atoms with Crippen LogP contribution in [0.2, 0.25) is 20.1 Å². The highest BCUT2D eigenvalue weighted by atomic mass is 35.5. The zero-order valence-electron chi connectivity index (χ0n) is 11.2. The van der Waals surface area contributed by atoms with Gasteiger partial charge in [0.25, 0.3) is 5.96 Å². The number of hydrogen-bond acceptors (Lipinski definition) is 3. The lowest BCUT2D eigenvalue weighted by molar-refractivity contribution is 1.15. The van der Waals surface area contributed by atoms with E-state index < -0.39 is 5.96 Å². The van der Waals surface area contributed by atoms with Gasteiger partial charge >= 0.3 is 0 Å². The molecule has 0 aliphatic heterocycles. The van der Waals surface area contributed by atoms with Gasteiger partial charge in [-0.15, -0.1) is 32.9 Å². The Labute approximate surface area is 158 Å². The Kier molecular flexibility index (Phi) is 7.88. The van der Waals surface area contributed by atoms with Crippen molar-refractivity contribution in [2.75, 3.05) is 0 Å². The van der Waals surface area contributed by atoms with Gasteiger partial charge in [-0.3, -0.25) is 5.41 Å². The molecule has 2 aromatic carbocycles. The van der Waals surface area contributed by atoms with Crippen molar-refractivity contribution in [2.45, 2.75) is 0 Å². The molecule has 0 aromatic heterocycles. The van der Waals surface area contributed by atoms with E-state index in [0.717, 1.165) is 0 Å². The lowest BCUT2D eigenvalue weighted by Crippen LogP contribution is -1.82. The molecule has 1 N–H and O–H groups in total. The molecular formula is C13H8Cl5N5. The summed E-state index contributed by atoms with van der Waals surface area (Å²) in [7, 11) is 0. The topological polar surface area (TPSA) is 73.3 Å². The van der Waals surface area contributed by atoms with Gasteiger partial charge < -0.3 is 0 Å². The van der Waals surface area contributed by atoms with E-state index in [1.165, 1.54) is 0 Å². The molecule has 0 spiro atoms. The maximum atomic E-state index is 7.56. The van der Waals surface area contributed by atoms with Gasteiger partial charge in [0.1, 0.15) is 11.4 Å². The van der Waals surface area contributed by atoms with Gasteiger partial charge in [-0.25, -0.2) is 0 Å². The molecule has 0 aliphatic carbocycles. The highest BCUT2D eigenvalue weighted by molar-refractivity contribution is 6.44. The molecule has 0 atom stereocenters. The van der Waals surface area contributed by atoms with Crippen molar-refractivity contribution >= 4 is 76.1 Å². The van der Waals surface area contributed by atoms with E-state index in [9.17, 15) is 0 Å². The van der Waals surface area contributed by atoms with Crippen molar-refractivity contribution in [2.24, 2.45) is 20.5 Å².